The van der Waals surface area contributed by atoms with E-state index in [4.69, 9.17) is 28.4 Å². The molecule has 3 rings (SSSR count). The Morgan fingerprint density at radius 3 is 1.13 bits per heavy atom. The Morgan fingerprint density at radius 2 is 0.784 bits per heavy atom. The number of nitrogens with one attached hydrogen (secondary N) is 2. The molecule has 18 atom stereocenters. The number of carboxylic acid groups (broad SMARTS) is 1. The van der Waals surface area contributed by atoms with Crippen LogP contribution in [-0.2, 0) is 42.8 Å². The summed E-state index contributed by atoms with van der Waals surface area (Å²) in [6.45, 7) is 2.29. The number of unbranched alkanes of at least 4 members (excludes halogenated alkanes) is 55. The van der Waals surface area contributed by atoms with E-state index >= 15 is 0 Å². The van der Waals surface area contributed by atoms with Crippen LogP contribution in [0.2, 0.25) is 0 Å². The first kappa shape index (κ1) is 103. The molecule has 3 aliphatic heterocycles. The summed E-state index contributed by atoms with van der Waals surface area (Å²) < 4.78 is 35.1. The van der Waals surface area contributed by atoms with Gasteiger partial charge < -0.3 is 100 Å². The van der Waals surface area contributed by atoms with Crippen LogP contribution in [0.5, 0.6) is 0 Å². The summed E-state index contributed by atoms with van der Waals surface area (Å²) in [5, 5.41) is 137. The fourth-order valence-corrected chi connectivity index (χ4v) is 16.4. The lowest BCUT2D eigenvalue weighted by atomic mass is 9.88. The highest BCUT2D eigenvalue weighted by atomic mass is 16.8. The van der Waals surface area contributed by atoms with E-state index in [0.29, 0.717) is 19.3 Å². The number of hydrogen-bond acceptors (Lipinski definition) is 20. The summed E-state index contributed by atoms with van der Waals surface area (Å²) >= 11 is 0. The van der Waals surface area contributed by atoms with E-state index in [0.717, 1.165) is 51.9 Å². The second-order valence-corrected chi connectivity index (χ2v) is 33.5. The molecule has 0 radical (unpaired) electrons. The molecule has 0 saturated carbocycles. The Balaban J connectivity index is 1.40. The molecule has 23 heteroatoms. The van der Waals surface area contributed by atoms with Gasteiger partial charge in [-0.25, -0.2) is 4.79 Å². The van der Waals surface area contributed by atoms with Crippen molar-refractivity contribution in [3.8, 4) is 0 Å². The number of aliphatic hydroxyl groups is 11. The number of aliphatic carboxylic acids is 1. The van der Waals surface area contributed by atoms with Crippen LogP contribution in [0.15, 0.2) is 0 Å². The van der Waals surface area contributed by atoms with Crippen LogP contribution in [0.4, 0.5) is 0 Å². The zero-order chi connectivity index (χ0) is 81.0. The highest BCUT2D eigenvalue weighted by Gasteiger charge is 2.60. The normalized spacial score (nSPS) is 25.4. The van der Waals surface area contributed by atoms with Crippen molar-refractivity contribution in [2.24, 2.45) is 0 Å². The molecule has 3 fully saturated rings. The van der Waals surface area contributed by atoms with Crippen LogP contribution in [0.25, 0.3) is 0 Å². The minimum atomic E-state index is -3.08. The number of hydrogen-bond donors (Lipinski definition) is 14. The summed E-state index contributed by atoms with van der Waals surface area (Å²) in [5.41, 5.74) is 0. The van der Waals surface area contributed by atoms with Gasteiger partial charge in [0.2, 0.25) is 11.8 Å². The maximum absolute atomic E-state index is 13.6. The summed E-state index contributed by atoms with van der Waals surface area (Å²) in [4.78, 5) is 38.8. The minimum Gasteiger partial charge on any atom is -0.477 e. The molecule has 0 aliphatic carbocycles. The molecule has 0 aromatic rings. The van der Waals surface area contributed by atoms with E-state index in [2.05, 4.69) is 24.5 Å². The molecule has 656 valence electrons. The number of carbonyl (C=O) groups excluding carboxylic acids is 2. The Kier molecular flexibility index (Phi) is 61.8. The third-order valence-corrected chi connectivity index (χ3v) is 23.6. The molecule has 111 heavy (non-hydrogen) atoms. The highest BCUT2D eigenvalue weighted by molar-refractivity contribution is 5.77. The van der Waals surface area contributed by atoms with Crippen molar-refractivity contribution in [3.63, 3.8) is 0 Å². The van der Waals surface area contributed by atoms with Gasteiger partial charge in [-0.15, -0.1) is 0 Å². The molecule has 23 nitrogen and oxygen atoms in total. The molecule has 3 saturated heterocycles. The summed E-state index contributed by atoms with van der Waals surface area (Å²) in [6.07, 6.45) is 45.6. The largest absolute Gasteiger partial charge is 0.477 e. The Morgan fingerprint density at radius 1 is 0.432 bits per heavy atom. The van der Waals surface area contributed by atoms with Crippen molar-refractivity contribution < 1.29 is 104 Å². The van der Waals surface area contributed by atoms with Gasteiger partial charge in [0.15, 0.2) is 12.6 Å². The van der Waals surface area contributed by atoms with Crippen molar-refractivity contribution >= 4 is 17.8 Å². The van der Waals surface area contributed by atoms with Gasteiger partial charge >= 0.3 is 5.97 Å². The molecule has 2 amide bonds. The standard InChI is InChI=1S/C88H168N2O21/c1-4-6-8-10-12-14-16-18-20-22-24-26-27-28-29-30-31-32-33-34-35-36-37-38-39-40-41-42-44-46-48-50-52-54-56-58-60-62-75(98)90-69(70(95)61-59-57-55-53-51-49-47-45-43-25-23-21-19-17-15-13-11-9-7-5-2)67-106-85-80(102)79(101)82(74(66-93)108-85)109-86-81(103)84(78(100)73(65-92)107-86)111-88(87(104)105)63-71(96)76(89-68(3)94)83(110-88)77(99)72(97)64-91/h69-74,76-86,91-93,95-97,99-103H,4-67H2,1-3H3,(H,89,94)(H,90,98)(H,104,105). The molecule has 0 aromatic carbocycles. The topological polar surface area (TPSA) is 373 Å². The van der Waals surface area contributed by atoms with Gasteiger partial charge in [-0.05, 0) is 12.8 Å². The van der Waals surface area contributed by atoms with E-state index in [1.54, 1.807) is 0 Å². The predicted octanol–water partition coefficient (Wildman–Crippen LogP) is 14.7. The Bertz CT molecular complexity index is 2190. The van der Waals surface area contributed by atoms with E-state index in [-0.39, 0.29) is 18.9 Å². The van der Waals surface area contributed by atoms with Crippen molar-refractivity contribution in [1.29, 1.82) is 0 Å². The summed E-state index contributed by atoms with van der Waals surface area (Å²) in [6, 6.07) is -2.53. The van der Waals surface area contributed by atoms with Crippen LogP contribution in [0.1, 0.15) is 406 Å². The summed E-state index contributed by atoms with van der Waals surface area (Å²) in [7, 11) is 0. The maximum atomic E-state index is 13.6. The van der Waals surface area contributed by atoms with Crippen LogP contribution < -0.4 is 10.6 Å². The number of carboxylic acids is 1. The Labute approximate surface area is 671 Å². The molecule has 0 bridgehead atoms. The lowest BCUT2D eigenvalue weighted by molar-refractivity contribution is -0.386. The number of aliphatic hydroxyl groups excluding tert-OH is 11. The second-order valence-electron chi connectivity index (χ2n) is 33.5. The fourth-order valence-electron chi connectivity index (χ4n) is 16.4. The molecule has 18 unspecified atom stereocenters. The molecular formula is C88H168N2O21. The van der Waals surface area contributed by atoms with Gasteiger partial charge in [-0.3, -0.25) is 9.59 Å². The molecule has 3 aliphatic rings. The number of ether oxygens (including phenoxy) is 6. The smallest absolute Gasteiger partial charge is 0.364 e. The van der Waals surface area contributed by atoms with Gasteiger partial charge in [-0.2, -0.15) is 0 Å². The lowest BCUT2D eigenvalue weighted by Crippen LogP contribution is -2.70. The molecule has 0 aromatic heterocycles. The number of carbonyl (C=O) groups is 3. The summed E-state index contributed by atoms with van der Waals surface area (Å²) in [5.74, 6) is -6.08. The maximum Gasteiger partial charge on any atom is 0.364 e. The van der Waals surface area contributed by atoms with Crippen molar-refractivity contribution in [1.82, 2.24) is 10.6 Å². The van der Waals surface area contributed by atoms with Crippen LogP contribution >= 0.6 is 0 Å². The number of rotatable bonds is 75. The van der Waals surface area contributed by atoms with Gasteiger partial charge in [0, 0.05) is 19.8 Å². The van der Waals surface area contributed by atoms with Crippen LogP contribution in [0, 0.1) is 0 Å². The Hall–Kier alpha value is -2.27. The zero-order valence-electron chi connectivity index (χ0n) is 70.1. The third-order valence-electron chi connectivity index (χ3n) is 23.6. The van der Waals surface area contributed by atoms with E-state index < -0.39 is 148 Å². The van der Waals surface area contributed by atoms with Crippen molar-refractivity contribution in [2.45, 2.75) is 516 Å². The minimum absolute atomic E-state index is 0.230. The monoisotopic (exact) mass is 1590 g/mol. The first-order valence-electron chi connectivity index (χ1n) is 45.9. The average Bonchev–Trinajstić information content (AvgIpc) is 0.753. The highest BCUT2D eigenvalue weighted by Crippen LogP contribution is 2.39. The lowest BCUT2D eigenvalue weighted by Gasteiger charge is -2.50. The third kappa shape index (κ3) is 45.5. The zero-order valence-corrected chi connectivity index (χ0v) is 70.1. The first-order valence-corrected chi connectivity index (χ1v) is 45.9. The van der Waals surface area contributed by atoms with Crippen molar-refractivity contribution in [2.75, 3.05) is 26.4 Å². The van der Waals surface area contributed by atoms with E-state index in [1.807, 2.05) is 0 Å². The van der Waals surface area contributed by atoms with E-state index in [1.165, 1.54) is 308 Å². The van der Waals surface area contributed by atoms with Crippen molar-refractivity contribution in [3.05, 3.63) is 0 Å². The molecular weight excluding hydrogens is 1420 g/mol. The molecule has 3 heterocycles. The fraction of sp³-hybridized carbons (Fsp3) is 0.966. The predicted molar refractivity (Wildman–Crippen MR) is 435 cm³/mol. The van der Waals surface area contributed by atoms with Crippen LogP contribution in [0.3, 0.4) is 0 Å². The van der Waals surface area contributed by atoms with Gasteiger partial charge in [0.25, 0.3) is 5.79 Å². The van der Waals surface area contributed by atoms with Gasteiger partial charge in [0.05, 0.1) is 50.7 Å². The average molecular weight is 1590 g/mol. The molecule has 14 N–H and O–H groups in total. The first-order chi connectivity index (χ1) is 53.9. The van der Waals surface area contributed by atoms with Gasteiger partial charge in [-0.1, -0.05) is 373 Å². The molecule has 0 spiro atoms. The number of amides is 2. The second kappa shape index (κ2) is 66.6. The SMILES string of the molecule is CCCCCCCCCCCCCCCCCCCCCCCCCCCCCCCCCCCCCCCC(=O)NC(COC1OC(CO)C(OC2OC(CO)C(O)C(OC3(C(=O)O)CC(O)C(NC(C)=O)C(C(O)C(O)CO)O3)C2O)C(O)C1O)C(O)CCCCCCCCCCCCCCCCCCCCCC. The van der Waals surface area contributed by atoms with E-state index in [9.17, 15) is 75.7 Å². The van der Waals surface area contributed by atoms with Crippen LogP contribution in [-0.4, -0.2) is 215 Å². The quantitative estimate of drug-likeness (QED) is 0.0252. The van der Waals surface area contributed by atoms with Gasteiger partial charge in [0.1, 0.15) is 67.1 Å².